The number of nitrogens with zero attached hydrogens (tertiary/aromatic N) is 3. The first kappa shape index (κ1) is 16.2. The molecule has 0 aliphatic carbocycles. The Morgan fingerprint density at radius 1 is 1.38 bits per heavy atom. The van der Waals surface area contributed by atoms with E-state index in [0.717, 1.165) is 54.7 Å². The van der Waals surface area contributed by atoms with Gasteiger partial charge in [-0.15, -0.1) is 11.3 Å². The van der Waals surface area contributed by atoms with Gasteiger partial charge in [-0.05, 0) is 26.7 Å². The molecule has 24 heavy (non-hydrogen) atoms. The van der Waals surface area contributed by atoms with E-state index in [1.165, 1.54) is 0 Å². The van der Waals surface area contributed by atoms with Crippen molar-refractivity contribution in [2.24, 2.45) is 0 Å². The number of ether oxygens (including phenoxy) is 2. The van der Waals surface area contributed by atoms with E-state index in [9.17, 15) is 0 Å². The second-order valence-electron chi connectivity index (χ2n) is 6.61. The standard InChI is InChI=1S/C17H23N3O3S/c1-11-6-13(19-23-11)7-20-8-16(17-15(20)4-3-5-21-17)22-9-14-10-24-12(2)18-14/h6,10,15-17H,3-5,7-9H2,1-2H3/t15-,16-,17+/m1/s1. The molecule has 4 heterocycles. The summed E-state index contributed by atoms with van der Waals surface area (Å²) in [4.78, 5) is 6.91. The molecule has 0 bridgehead atoms. The Morgan fingerprint density at radius 3 is 3.04 bits per heavy atom. The van der Waals surface area contributed by atoms with Gasteiger partial charge in [0.25, 0.3) is 0 Å². The van der Waals surface area contributed by atoms with Gasteiger partial charge in [0.2, 0.25) is 0 Å². The second-order valence-corrected chi connectivity index (χ2v) is 7.67. The van der Waals surface area contributed by atoms with Crippen LogP contribution in [0.4, 0.5) is 0 Å². The fraction of sp³-hybridized carbons (Fsp3) is 0.647. The van der Waals surface area contributed by atoms with Crippen LogP contribution < -0.4 is 0 Å². The summed E-state index contributed by atoms with van der Waals surface area (Å²) in [5.41, 5.74) is 1.99. The SMILES string of the molecule is Cc1cc(CN2C[C@@H](OCc3csc(C)n3)[C@H]3OCCC[C@H]32)no1. The Morgan fingerprint density at radius 2 is 2.29 bits per heavy atom. The molecule has 0 radical (unpaired) electrons. The maximum Gasteiger partial charge on any atom is 0.133 e. The minimum Gasteiger partial charge on any atom is -0.374 e. The number of thiazole rings is 1. The topological polar surface area (TPSA) is 60.6 Å². The molecule has 7 heteroatoms. The van der Waals surface area contributed by atoms with Gasteiger partial charge in [-0.3, -0.25) is 4.90 Å². The third kappa shape index (κ3) is 3.39. The van der Waals surface area contributed by atoms with Crippen molar-refractivity contribution in [3.8, 4) is 0 Å². The molecule has 2 aliphatic rings. The monoisotopic (exact) mass is 349 g/mol. The van der Waals surface area contributed by atoms with Crippen molar-refractivity contribution in [3.05, 3.63) is 33.6 Å². The summed E-state index contributed by atoms with van der Waals surface area (Å²) in [7, 11) is 0. The molecule has 2 saturated heterocycles. The summed E-state index contributed by atoms with van der Waals surface area (Å²) < 4.78 is 17.4. The first-order chi connectivity index (χ1) is 11.7. The van der Waals surface area contributed by atoms with Crippen LogP contribution in [-0.4, -0.2) is 46.4 Å². The van der Waals surface area contributed by atoms with E-state index in [-0.39, 0.29) is 12.2 Å². The van der Waals surface area contributed by atoms with Crippen molar-refractivity contribution in [1.29, 1.82) is 0 Å². The first-order valence-electron chi connectivity index (χ1n) is 8.49. The van der Waals surface area contributed by atoms with Crippen molar-refractivity contribution in [2.75, 3.05) is 13.2 Å². The predicted molar refractivity (Wildman–Crippen MR) is 89.8 cm³/mol. The molecule has 0 N–H and O–H groups in total. The van der Waals surface area contributed by atoms with E-state index in [4.69, 9.17) is 14.0 Å². The average molecular weight is 349 g/mol. The number of aromatic nitrogens is 2. The highest BCUT2D eigenvalue weighted by atomic mass is 32.1. The van der Waals surface area contributed by atoms with E-state index in [0.29, 0.717) is 12.6 Å². The Balaban J connectivity index is 1.42. The quantitative estimate of drug-likeness (QED) is 0.827. The van der Waals surface area contributed by atoms with Crippen molar-refractivity contribution in [2.45, 2.75) is 58.1 Å². The number of aryl methyl sites for hydroxylation is 2. The third-order valence-electron chi connectivity index (χ3n) is 4.74. The first-order valence-corrected chi connectivity index (χ1v) is 9.37. The summed E-state index contributed by atoms with van der Waals surface area (Å²) in [6.45, 7) is 6.98. The summed E-state index contributed by atoms with van der Waals surface area (Å²) in [5, 5.41) is 7.28. The highest BCUT2D eigenvalue weighted by molar-refractivity contribution is 7.09. The fourth-order valence-electron chi connectivity index (χ4n) is 3.70. The van der Waals surface area contributed by atoms with E-state index in [1.807, 2.05) is 19.9 Å². The van der Waals surface area contributed by atoms with Gasteiger partial charge >= 0.3 is 0 Å². The zero-order chi connectivity index (χ0) is 16.5. The molecular weight excluding hydrogens is 326 g/mol. The lowest BCUT2D eigenvalue weighted by atomic mass is 10.0. The zero-order valence-corrected chi connectivity index (χ0v) is 14.9. The molecule has 2 aliphatic heterocycles. The Labute approximate surface area is 145 Å². The van der Waals surface area contributed by atoms with Crippen molar-refractivity contribution in [1.82, 2.24) is 15.0 Å². The summed E-state index contributed by atoms with van der Waals surface area (Å²) >= 11 is 1.66. The third-order valence-corrected chi connectivity index (χ3v) is 5.56. The lowest BCUT2D eigenvalue weighted by Crippen LogP contribution is -2.41. The van der Waals surface area contributed by atoms with Gasteiger partial charge in [-0.25, -0.2) is 4.98 Å². The van der Waals surface area contributed by atoms with Gasteiger partial charge in [-0.1, -0.05) is 5.16 Å². The van der Waals surface area contributed by atoms with Crippen LogP contribution in [0.2, 0.25) is 0 Å². The normalized spacial score (nSPS) is 27.5. The molecule has 2 fully saturated rings. The summed E-state index contributed by atoms with van der Waals surface area (Å²) in [6.07, 6.45) is 2.49. The summed E-state index contributed by atoms with van der Waals surface area (Å²) in [5.74, 6) is 0.854. The molecule has 130 valence electrons. The highest BCUT2D eigenvalue weighted by Gasteiger charge is 2.44. The lowest BCUT2D eigenvalue weighted by Gasteiger charge is -2.31. The van der Waals surface area contributed by atoms with Crippen molar-refractivity contribution in [3.63, 3.8) is 0 Å². The van der Waals surface area contributed by atoms with Crippen LogP contribution in [0, 0.1) is 13.8 Å². The van der Waals surface area contributed by atoms with Crippen LogP contribution in [-0.2, 0) is 22.6 Å². The van der Waals surface area contributed by atoms with Gasteiger partial charge in [0.15, 0.2) is 0 Å². The smallest absolute Gasteiger partial charge is 0.133 e. The van der Waals surface area contributed by atoms with Crippen LogP contribution in [0.5, 0.6) is 0 Å². The number of rotatable bonds is 5. The Bertz CT molecular complexity index is 686. The van der Waals surface area contributed by atoms with E-state index < -0.39 is 0 Å². The number of hydrogen-bond acceptors (Lipinski definition) is 7. The Hall–Kier alpha value is -1.28. The minimum absolute atomic E-state index is 0.0882. The molecule has 0 saturated carbocycles. The number of fused-ring (bicyclic) bond motifs is 1. The molecule has 0 aromatic carbocycles. The highest BCUT2D eigenvalue weighted by Crippen LogP contribution is 2.32. The van der Waals surface area contributed by atoms with Gasteiger partial charge in [0, 0.05) is 37.2 Å². The van der Waals surface area contributed by atoms with E-state index >= 15 is 0 Å². The Kier molecular flexibility index (Phi) is 4.67. The second kappa shape index (κ2) is 6.92. The molecule has 3 atom stereocenters. The average Bonchev–Trinajstić information content (AvgIpc) is 3.26. The van der Waals surface area contributed by atoms with E-state index in [1.54, 1.807) is 11.3 Å². The molecule has 0 spiro atoms. The number of hydrogen-bond donors (Lipinski definition) is 0. The molecule has 4 rings (SSSR count). The molecule has 6 nitrogen and oxygen atoms in total. The van der Waals surface area contributed by atoms with Crippen LogP contribution >= 0.6 is 11.3 Å². The number of likely N-dealkylation sites (tertiary alicyclic amines) is 1. The summed E-state index contributed by atoms with van der Waals surface area (Å²) in [6, 6.07) is 2.41. The fourth-order valence-corrected chi connectivity index (χ4v) is 4.30. The largest absolute Gasteiger partial charge is 0.374 e. The molecule has 2 aromatic heterocycles. The maximum absolute atomic E-state index is 6.18. The van der Waals surface area contributed by atoms with Crippen molar-refractivity contribution < 1.29 is 14.0 Å². The van der Waals surface area contributed by atoms with Crippen LogP contribution in [0.3, 0.4) is 0 Å². The van der Waals surface area contributed by atoms with Crippen LogP contribution in [0.1, 0.15) is 35.0 Å². The zero-order valence-electron chi connectivity index (χ0n) is 14.1. The van der Waals surface area contributed by atoms with Crippen LogP contribution in [0.25, 0.3) is 0 Å². The van der Waals surface area contributed by atoms with Gasteiger partial charge in [0.05, 0.1) is 29.1 Å². The predicted octanol–water partition coefficient (Wildman–Crippen LogP) is 2.70. The minimum atomic E-state index is 0.0882. The van der Waals surface area contributed by atoms with Crippen LogP contribution in [0.15, 0.2) is 16.0 Å². The molecule has 2 aromatic rings. The van der Waals surface area contributed by atoms with Crippen molar-refractivity contribution >= 4 is 11.3 Å². The van der Waals surface area contributed by atoms with Gasteiger partial charge < -0.3 is 14.0 Å². The molecular formula is C17H23N3O3S. The maximum atomic E-state index is 6.18. The lowest BCUT2D eigenvalue weighted by molar-refractivity contribution is -0.0823. The van der Waals surface area contributed by atoms with E-state index in [2.05, 4.69) is 20.4 Å². The molecule has 0 unspecified atom stereocenters. The molecule has 0 amide bonds. The van der Waals surface area contributed by atoms with Gasteiger partial charge in [-0.2, -0.15) is 0 Å². The van der Waals surface area contributed by atoms with Gasteiger partial charge in [0.1, 0.15) is 11.9 Å².